The lowest BCUT2D eigenvalue weighted by Gasteiger charge is -2.34. The summed E-state index contributed by atoms with van der Waals surface area (Å²) in [5.41, 5.74) is 0.0497. The van der Waals surface area contributed by atoms with E-state index in [0.29, 0.717) is 6.67 Å². The van der Waals surface area contributed by atoms with E-state index in [1.54, 1.807) is 4.68 Å². The van der Waals surface area contributed by atoms with Crippen LogP contribution in [0.4, 0.5) is 0 Å². The number of morpholine rings is 1. The molecule has 3 rings (SSSR count). The van der Waals surface area contributed by atoms with Crippen molar-refractivity contribution in [3.8, 4) is 0 Å². The van der Waals surface area contributed by atoms with E-state index in [1.807, 2.05) is 4.57 Å². The molecule has 0 aromatic carbocycles. The molecule has 6 nitrogen and oxygen atoms in total. The maximum absolute atomic E-state index is 12.4. The van der Waals surface area contributed by atoms with Gasteiger partial charge in [0.25, 0.3) is 0 Å². The van der Waals surface area contributed by atoms with Crippen LogP contribution in [0.1, 0.15) is 38.9 Å². The number of hydrogen-bond acceptors (Lipinski definition) is 4. The first kappa shape index (κ1) is 13.8. The highest BCUT2D eigenvalue weighted by Crippen LogP contribution is 2.13. The fourth-order valence-electron chi connectivity index (χ4n) is 3.31. The fraction of sp³-hybridized carbons (Fsp3) is 0.857. The number of nitrogens with zero attached hydrogens (tertiary/aromatic N) is 4. The molecule has 2 aliphatic heterocycles. The van der Waals surface area contributed by atoms with Gasteiger partial charge in [-0.25, -0.2) is 4.79 Å². The van der Waals surface area contributed by atoms with Crippen LogP contribution < -0.4 is 5.69 Å². The Morgan fingerprint density at radius 2 is 1.95 bits per heavy atom. The minimum absolute atomic E-state index is 0.0497. The summed E-state index contributed by atoms with van der Waals surface area (Å²) in [6.07, 6.45) is 4.79. The van der Waals surface area contributed by atoms with Crippen molar-refractivity contribution >= 4 is 0 Å². The molecule has 2 atom stereocenters. The predicted octanol–water partition coefficient (Wildman–Crippen LogP) is 0.838. The Morgan fingerprint density at radius 1 is 1.20 bits per heavy atom. The zero-order valence-corrected chi connectivity index (χ0v) is 12.4. The zero-order chi connectivity index (χ0) is 14.1. The maximum atomic E-state index is 12.4. The molecular formula is C14H24N4O2. The van der Waals surface area contributed by atoms with Gasteiger partial charge < -0.3 is 4.74 Å². The molecule has 0 amide bonds. The maximum Gasteiger partial charge on any atom is 0.347 e. The van der Waals surface area contributed by atoms with Gasteiger partial charge in [0.1, 0.15) is 5.82 Å². The molecule has 112 valence electrons. The van der Waals surface area contributed by atoms with Crippen LogP contribution in [0.2, 0.25) is 0 Å². The Bertz CT molecular complexity index is 512. The Kier molecular flexibility index (Phi) is 3.94. The molecule has 6 heteroatoms. The van der Waals surface area contributed by atoms with Crippen molar-refractivity contribution in [2.75, 3.05) is 13.1 Å². The molecule has 2 aliphatic rings. The van der Waals surface area contributed by atoms with E-state index in [9.17, 15) is 4.79 Å². The van der Waals surface area contributed by atoms with Gasteiger partial charge in [-0.15, -0.1) is 0 Å². The molecule has 20 heavy (non-hydrogen) atoms. The summed E-state index contributed by atoms with van der Waals surface area (Å²) >= 11 is 0. The topological polar surface area (TPSA) is 52.3 Å². The van der Waals surface area contributed by atoms with Gasteiger partial charge in [-0.05, 0) is 26.7 Å². The first-order valence-electron chi connectivity index (χ1n) is 7.68. The van der Waals surface area contributed by atoms with Crippen molar-refractivity contribution in [3.05, 3.63) is 16.3 Å². The Morgan fingerprint density at radius 3 is 2.70 bits per heavy atom. The molecule has 1 fully saturated rings. The monoisotopic (exact) mass is 280 g/mol. The predicted molar refractivity (Wildman–Crippen MR) is 75.6 cm³/mol. The molecule has 1 saturated heterocycles. The van der Waals surface area contributed by atoms with E-state index in [0.717, 1.165) is 44.7 Å². The van der Waals surface area contributed by atoms with E-state index in [1.165, 1.54) is 6.42 Å². The van der Waals surface area contributed by atoms with Crippen molar-refractivity contribution in [2.45, 2.75) is 65.0 Å². The lowest BCUT2D eigenvalue weighted by atomic mass is 10.2. The molecule has 0 aliphatic carbocycles. The van der Waals surface area contributed by atoms with Crippen LogP contribution in [-0.2, 0) is 24.4 Å². The standard InChI is InChI=1S/C14H24N4O2/c1-11-8-16(9-12(2)20-11)10-18-14(19)17-7-5-3-4-6-13(17)15-18/h11-12H,3-10H2,1-2H3/t11-,12-/m1/s1. The lowest BCUT2D eigenvalue weighted by Crippen LogP contribution is -2.47. The summed E-state index contributed by atoms with van der Waals surface area (Å²) in [6.45, 7) is 7.28. The van der Waals surface area contributed by atoms with E-state index >= 15 is 0 Å². The van der Waals surface area contributed by atoms with Gasteiger partial charge in [-0.2, -0.15) is 9.78 Å². The van der Waals surface area contributed by atoms with Gasteiger partial charge in [0.15, 0.2) is 0 Å². The molecule has 0 bridgehead atoms. The minimum atomic E-state index is 0.0497. The Labute approximate surface area is 119 Å². The average Bonchev–Trinajstić information content (AvgIpc) is 2.57. The minimum Gasteiger partial charge on any atom is -0.373 e. The van der Waals surface area contributed by atoms with Gasteiger partial charge >= 0.3 is 5.69 Å². The SMILES string of the molecule is C[C@@H]1CN(Cn2nc3n(c2=O)CCCCC3)C[C@@H](C)O1. The third-order valence-electron chi connectivity index (χ3n) is 4.11. The molecule has 1 aromatic rings. The third kappa shape index (κ3) is 2.81. The molecule has 0 unspecified atom stereocenters. The van der Waals surface area contributed by atoms with Crippen LogP contribution in [0.3, 0.4) is 0 Å². The molecule has 0 radical (unpaired) electrons. The van der Waals surface area contributed by atoms with Crippen LogP contribution >= 0.6 is 0 Å². The molecular weight excluding hydrogens is 256 g/mol. The number of aryl methyl sites for hydroxylation is 1. The number of hydrogen-bond donors (Lipinski definition) is 0. The number of ether oxygens (including phenoxy) is 1. The summed E-state index contributed by atoms with van der Waals surface area (Å²) in [6, 6.07) is 0. The molecule has 3 heterocycles. The van der Waals surface area contributed by atoms with Gasteiger partial charge in [0.05, 0.1) is 18.9 Å². The smallest absolute Gasteiger partial charge is 0.347 e. The van der Waals surface area contributed by atoms with Gasteiger partial charge in [-0.1, -0.05) is 6.42 Å². The van der Waals surface area contributed by atoms with Crippen molar-refractivity contribution in [3.63, 3.8) is 0 Å². The van der Waals surface area contributed by atoms with Crippen LogP contribution in [0.25, 0.3) is 0 Å². The highest BCUT2D eigenvalue weighted by atomic mass is 16.5. The summed E-state index contributed by atoms with van der Waals surface area (Å²) in [5, 5.41) is 4.54. The van der Waals surface area contributed by atoms with Crippen LogP contribution in [-0.4, -0.2) is 44.5 Å². The van der Waals surface area contributed by atoms with Crippen molar-refractivity contribution in [1.29, 1.82) is 0 Å². The van der Waals surface area contributed by atoms with Crippen LogP contribution in [0.15, 0.2) is 4.79 Å². The summed E-state index contributed by atoms with van der Waals surface area (Å²) in [7, 11) is 0. The van der Waals surface area contributed by atoms with Crippen LogP contribution in [0.5, 0.6) is 0 Å². The largest absolute Gasteiger partial charge is 0.373 e. The van der Waals surface area contributed by atoms with Crippen molar-refractivity contribution in [2.24, 2.45) is 0 Å². The number of fused-ring (bicyclic) bond motifs is 1. The third-order valence-corrected chi connectivity index (χ3v) is 4.11. The summed E-state index contributed by atoms with van der Waals surface area (Å²) < 4.78 is 9.22. The Hall–Kier alpha value is -1.14. The van der Waals surface area contributed by atoms with Crippen molar-refractivity contribution in [1.82, 2.24) is 19.2 Å². The zero-order valence-electron chi connectivity index (χ0n) is 12.4. The second-order valence-electron chi connectivity index (χ2n) is 6.10. The van der Waals surface area contributed by atoms with E-state index in [4.69, 9.17) is 4.74 Å². The van der Waals surface area contributed by atoms with Gasteiger partial charge in [0.2, 0.25) is 0 Å². The molecule has 0 N–H and O–H groups in total. The first-order chi connectivity index (χ1) is 9.63. The fourth-order valence-corrected chi connectivity index (χ4v) is 3.31. The second-order valence-corrected chi connectivity index (χ2v) is 6.10. The summed E-state index contributed by atoms with van der Waals surface area (Å²) in [5.74, 6) is 0.960. The van der Waals surface area contributed by atoms with Crippen molar-refractivity contribution < 1.29 is 4.74 Å². The van der Waals surface area contributed by atoms with E-state index < -0.39 is 0 Å². The Balaban J connectivity index is 1.76. The molecule has 1 aromatic heterocycles. The highest BCUT2D eigenvalue weighted by molar-refractivity contribution is 4.90. The van der Waals surface area contributed by atoms with E-state index in [-0.39, 0.29) is 17.9 Å². The lowest BCUT2D eigenvalue weighted by molar-refractivity contribution is -0.0779. The first-order valence-corrected chi connectivity index (χ1v) is 7.68. The average molecular weight is 280 g/mol. The van der Waals surface area contributed by atoms with E-state index in [2.05, 4.69) is 23.8 Å². The van der Waals surface area contributed by atoms with Crippen LogP contribution in [0, 0.1) is 0 Å². The second kappa shape index (κ2) is 5.69. The summed E-state index contributed by atoms with van der Waals surface area (Å²) in [4.78, 5) is 14.7. The molecule has 0 saturated carbocycles. The quantitative estimate of drug-likeness (QED) is 0.805. The number of aromatic nitrogens is 3. The van der Waals surface area contributed by atoms with Gasteiger partial charge in [0, 0.05) is 26.1 Å². The normalized spacial score (nSPS) is 28.1. The number of rotatable bonds is 2. The van der Waals surface area contributed by atoms with Gasteiger partial charge in [-0.3, -0.25) is 9.47 Å². The highest BCUT2D eigenvalue weighted by Gasteiger charge is 2.24. The molecule has 0 spiro atoms.